The topological polar surface area (TPSA) is 33.2 Å². The molecule has 2 aromatic heterocycles. The van der Waals surface area contributed by atoms with Gasteiger partial charge in [-0.3, -0.25) is 9.78 Å². The summed E-state index contributed by atoms with van der Waals surface area (Å²) in [6, 6.07) is 14.1. The van der Waals surface area contributed by atoms with Crippen LogP contribution in [0.2, 0.25) is 0 Å². The molecule has 0 spiro atoms. The fraction of sp³-hybridized carbons (Fsp3) is 0.238. The maximum atomic E-state index is 13.5. The second-order valence-corrected chi connectivity index (χ2v) is 7.48. The third-order valence-corrected chi connectivity index (χ3v) is 5.61. The fourth-order valence-electron chi connectivity index (χ4n) is 3.31. The first-order chi connectivity index (χ1) is 12.7. The van der Waals surface area contributed by atoms with E-state index >= 15 is 0 Å². The number of benzene rings is 1. The first kappa shape index (κ1) is 16.9. The third kappa shape index (κ3) is 3.40. The van der Waals surface area contributed by atoms with Gasteiger partial charge in [0, 0.05) is 12.7 Å². The first-order valence-electron chi connectivity index (χ1n) is 8.64. The minimum atomic E-state index is -0.515. The lowest BCUT2D eigenvalue weighted by Gasteiger charge is -2.27. The smallest absolute Gasteiger partial charge is 0.233 e. The van der Waals surface area contributed by atoms with Crippen molar-refractivity contribution in [1.29, 1.82) is 0 Å². The summed E-state index contributed by atoms with van der Waals surface area (Å²) in [6.45, 7) is 1.03. The van der Waals surface area contributed by atoms with E-state index in [2.05, 4.69) is 10.4 Å². The van der Waals surface area contributed by atoms with Crippen molar-refractivity contribution in [2.45, 2.75) is 31.3 Å². The standard InChI is InChI=1S/C21H19FN2OS/c22-18-6-4-17(5-7-18)21(9-10-21)20(25)24(13-16-8-12-26-15-16)14-19-3-1-2-11-23-19/h1-8,11-12,15H,9-10,13-14H2. The van der Waals surface area contributed by atoms with Gasteiger partial charge < -0.3 is 4.90 Å². The van der Waals surface area contributed by atoms with Gasteiger partial charge >= 0.3 is 0 Å². The van der Waals surface area contributed by atoms with Crippen LogP contribution in [0.5, 0.6) is 0 Å². The Morgan fingerprint density at radius 1 is 1.12 bits per heavy atom. The van der Waals surface area contributed by atoms with Crippen molar-refractivity contribution in [3.63, 3.8) is 0 Å². The zero-order valence-electron chi connectivity index (χ0n) is 14.3. The molecule has 1 aliphatic carbocycles. The first-order valence-corrected chi connectivity index (χ1v) is 9.58. The van der Waals surface area contributed by atoms with E-state index in [0.717, 1.165) is 29.7 Å². The Kier molecular flexibility index (Phi) is 4.55. The van der Waals surface area contributed by atoms with Crippen molar-refractivity contribution < 1.29 is 9.18 Å². The van der Waals surface area contributed by atoms with E-state index in [-0.39, 0.29) is 11.7 Å². The van der Waals surface area contributed by atoms with Gasteiger partial charge in [-0.1, -0.05) is 18.2 Å². The van der Waals surface area contributed by atoms with Crippen molar-refractivity contribution >= 4 is 17.2 Å². The highest BCUT2D eigenvalue weighted by Gasteiger charge is 2.53. The molecule has 0 N–H and O–H groups in total. The molecule has 0 saturated heterocycles. The van der Waals surface area contributed by atoms with Gasteiger partial charge in [0.2, 0.25) is 5.91 Å². The highest BCUT2D eigenvalue weighted by Crippen LogP contribution is 2.50. The largest absolute Gasteiger partial charge is 0.332 e. The molecule has 3 aromatic rings. The third-order valence-electron chi connectivity index (χ3n) is 4.88. The number of pyridine rings is 1. The molecule has 2 heterocycles. The molecule has 0 radical (unpaired) electrons. The fourth-order valence-corrected chi connectivity index (χ4v) is 3.97. The van der Waals surface area contributed by atoms with E-state index in [1.807, 2.05) is 34.5 Å². The molecule has 1 aromatic carbocycles. The number of hydrogen-bond acceptors (Lipinski definition) is 3. The number of halogens is 1. The number of thiophene rings is 1. The predicted octanol–water partition coefficient (Wildman–Crippen LogP) is 4.54. The normalized spacial score (nSPS) is 14.8. The maximum Gasteiger partial charge on any atom is 0.233 e. The van der Waals surface area contributed by atoms with Crippen LogP contribution in [0.3, 0.4) is 0 Å². The predicted molar refractivity (Wildman–Crippen MR) is 100 cm³/mol. The Labute approximate surface area is 156 Å². The lowest BCUT2D eigenvalue weighted by Crippen LogP contribution is -2.38. The average Bonchev–Trinajstić information content (AvgIpc) is 3.31. The van der Waals surface area contributed by atoms with Crippen molar-refractivity contribution in [2.24, 2.45) is 0 Å². The summed E-state index contributed by atoms with van der Waals surface area (Å²) >= 11 is 1.63. The van der Waals surface area contributed by atoms with Crippen molar-refractivity contribution in [1.82, 2.24) is 9.88 Å². The zero-order valence-corrected chi connectivity index (χ0v) is 15.1. The number of aromatic nitrogens is 1. The van der Waals surface area contributed by atoms with Crippen molar-refractivity contribution in [3.05, 3.63) is 88.1 Å². The molecule has 0 atom stereocenters. The Morgan fingerprint density at radius 2 is 1.92 bits per heavy atom. The molecule has 4 rings (SSSR count). The minimum absolute atomic E-state index is 0.0981. The average molecular weight is 366 g/mol. The summed E-state index contributed by atoms with van der Waals surface area (Å²) in [6.07, 6.45) is 3.36. The molecule has 1 amide bonds. The molecule has 1 fully saturated rings. The molecule has 0 aliphatic heterocycles. The van der Waals surface area contributed by atoms with Gasteiger partial charge in [-0.25, -0.2) is 4.39 Å². The summed E-state index contributed by atoms with van der Waals surface area (Å²) in [7, 11) is 0. The van der Waals surface area contributed by atoms with Crippen LogP contribution in [-0.2, 0) is 23.3 Å². The van der Waals surface area contributed by atoms with E-state index in [1.54, 1.807) is 29.7 Å². The van der Waals surface area contributed by atoms with Crippen LogP contribution in [0.25, 0.3) is 0 Å². The van der Waals surface area contributed by atoms with Gasteiger partial charge in [0.15, 0.2) is 0 Å². The Hall–Kier alpha value is -2.53. The molecule has 26 heavy (non-hydrogen) atoms. The quantitative estimate of drug-likeness (QED) is 0.642. The second kappa shape index (κ2) is 7.00. The van der Waals surface area contributed by atoms with Crippen LogP contribution >= 0.6 is 11.3 Å². The number of amides is 1. The van der Waals surface area contributed by atoms with Crippen LogP contribution < -0.4 is 0 Å². The molecular weight excluding hydrogens is 347 g/mol. The molecule has 3 nitrogen and oxygen atoms in total. The molecule has 5 heteroatoms. The Bertz CT molecular complexity index is 874. The van der Waals surface area contributed by atoms with Gasteiger partial charge in [-0.15, -0.1) is 0 Å². The molecule has 1 aliphatic rings. The van der Waals surface area contributed by atoms with Gasteiger partial charge in [0.05, 0.1) is 17.7 Å². The summed E-state index contributed by atoms with van der Waals surface area (Å²) in [5, 5.41) is 4.09. The lowest BCUT2D eigenvalue weighted by atomic mass is 9.94. The number of rotatable bonds is 6. The Morgan fingerprint density at radius 3 is 2.54 bits per heavy atom. The van der Waals surface area contributed by atoms with Crippen LogP contribution in [0.1, 0.15) is 29.7 Å². The van der Waals surface area contributed by atoms with E-state index in [9.17, 15) is 9.18 Å². The van der Waals surface area contributed by atoms with Gasteiger partial charge in [0.1, 0.15) is 5.82 Å². The van der Waals surface area contributed by atoms with E-state index in [4.69, 9.17) is 0 Å². The summed E-state index contributed by atoms with van der Waals surface area (Å²) in [5.41, 5.74) is 2.37. The van der Waals surface area contributed by atoms with Gasteiger partial charge in [-0.2, -0.15) is 11.3 Å². The van der Waals surface area contributed by atoms with Gasteiger partial charge in [-0.05, 0) is 65.1 Å². The highest BCUT2D eigenvalue weighted by molar-refractivity contribution is 7.07. The van der Waals surface area contributed by atoms with E-state index < -0.39 is 5.41 Å². The maximum absolute atomic E-state index is 13.5. The summed E-state index contributed by atoms with van der Waals surface area (Å²) in [5.74, 6) is -0.179. The number of nitrogens with zero attached hydrogens (tertiary/aromatic N) is 2. The van der Waals surface area contributed by atoms with Crippen LogP contribution in [0.15, 0.2) is 65.5 Å². The van der Waals surface area contributed by atoms with E-state index in [1.165, 1.54) is 12.1 Å². The number of carbonyl (C=O) groups is 1. The van der Waals surface area contributed by atoms with E-state index in [0.29, 0.717) is 13.1 Å². The monoisotopic (exact) mass is 366 g/mol. The second-order valence-electron chi connectivity index (χ2n) is 6.70. The number of hydrogen-bond donors (Lipinski definition) is 0. The Balaban J connectivity index is 1.62. The zero-order chi connectivity index (χ0) is 18.0. The summed E-state index contributed by atoms with van der Waals surface area (Å²) < 4.78 is 13.3. The molecular formula is C21H19FN2OS. The molecule has 0 unspecified atom stereocenters. The van der Waals surface area contributed by atoms with Crippen molar-refractivity contribution in [3.8, 4) is 0 Å². The number of carbonyl (C=O) groups excluding carboxylic acids is 1. The molecule has 0 bridgehead atoms. The van der Waals surface area contributed by atoms with Crippen LogP contribution in [0.4, 0.5) is 4.39 Å². The SMILES string of the molecule is O=C(N(Cc1ccsc1)Cc1ccccn1)C1(c2ccc(F)cc2)CC1. The lowest BCUT2D eigenvalue weighted by molar-refractivity contribution is -0.135. The highest BCUT2D eigenvalue weighted by atomic mass is 32.1. The molecule has 132 valence electrons. The van der Waals surface area contributed by atoms with Crippen molar-refractivity contribution in [2.75, 3.05) is 0 Å². The minimum Gasteiger partial charge on any atom is -0.332 e. The summed E-state index contributed by atoms with van der Waals surface area (Å²) in [4.78, 5) is 19.7. The van der Waals surface area contributed by atoms with Crippen LogP contribution in [-0.4, -0.2) is 15.8 Å². The molecule has 1 saturated carbocycles. The van der Waals surface area contributed by atoms with Gasteiger partial charge in [0.25, 0.3) is 0 Å². The van der Waals surface area contributed by atoms with Crippen LogP contribution in [0, 0.1) is 5.82 Å².